The Morgan fingerprint density at radius 1 is 1.26 bits per heavy atom. The van der Waals surface area contributed by atoms with Crippen LogP contribution in [-0.4, -0.2) is 36.3 Å². The second-order valence-corrected chi connectivity index (χ2v) is 6.29. The zero-order valence-corrected chi connectivity index (χ0v) is 15.0. The number of ether oxygens (including phenoxy) is 2. The Bertz CT molecular complexity index is 1010. The van der Waals surface area contributed by atoms with Crippen LogP contribution in [0.15, 0.2) is 42.7 Å². The lowest BCUT2D eigenvalue weighted by molar-refractivity contribution is 0.142. The molecule has 0 bridgehead atoms. The average Bonchev–Trinajstić information content (AvgIpc) is 3.21. The quantitative estimate of drug-likeness (QED) is 0.678. The number of nitrogens with zero attached hydrogens (tertiary/aromatic N) is 2. The number of nitrogens with one attached hydrogen (secondary N) is 2. The second kappa shape index (κ2) is 7.52. The maximum Gasteiger partial charge on any atom is 0.145 e. The summed E-state index contributed by atoms with van der Waals surface area (Å²) in [5, 5.41) is 7.42. The van der Waals surface area contributed by atoms with Gasteiger partial charge in [-0.1, -0.05) is 12.0 Å². The van der Waals surface area contributed by atoms with Crippen molar-refractivity contribution in [1.29, 1.82) is 0 Å². The molecule has 1 aliphatic heterocycles. The van der Waals surface area contributed by atoms with Gasteiger partial charge in [0.2, 0.25) is 0 Å². The van der Waals surface area contributed by atoms with Gasteiger partial charge in [-0.15, -0.1) is 6.42 Å². The van der Waals surface area contributed by atoms with Crippen molar-refractivity contribution in [3.63, 3.8) is 0 Å². The Morgan fingerprint density at radius 3 is 2.96 bits per heavy atom. The first-order valence-corrected chi connectivity index (χ1v) is 8.81. The number of hydrogen-bond donors (Lipinski definition) is 2. The SMILES string of the molecule is C#Cc1cccc(Nc2ncnc3cc(OC4CCOC4)c(NC)cc23)c1. The van der Waals surface area contributed by atoms with Gasteiger partial charge in [0.25, 0.3) is 0 Å². The van der Waals surface area contributed by atoms with Crippen LogP contribution < -0.4 is 15.4 Å². The van der Waals surface area contributed by atoms with Crippen LogP contribution in [0.4, 0.5) is 17.2 Å². The van der Waals surface area contributed by atoms with E-state index in [1.165, 1.54) is 6.33 Å². The Morgan fingerprint density at radius 2 is 2.19 bits per heavy atom. The van der Waals surface area contributed by atoms with E-state index in [0.29, 0.717) is 12.4 Å². The van der Waals surface area contributed by atoms with Crippen LogP contribution in [0.2, 0.25) is 0 Å². The maximum atomic E-state index is 6.10. The normalized spacial score (nSPS) is 16.1. The summed E-state index contributed by atoms with van der Waals surface area (Å²) in [7, 11) is 1.87. The molecule has 27 heavy (non-hydrogen) atoms. The van der Waals surface area contributed by atoms with Crippen molar-refractivity contribution >= 4 is 28.1 Å². The molecule has 6 heteroatoms. The fourth-order valence-corrected chi connectivity index (χ4v) is 3.09. The summed E-state index contributed by atoms with van der Waals surface area (Å²) in [6.45, 7) is 1.35. The molecule has 0 saturated carbocycles. The minimum atomic E-state index is 0.0699. The number of rotatable bonds is 5. The highest BCUT2D eigenvalue weighted by Gasteiger charge is 2.19. The van der Waals surface area contributed by atoms with E-state index < -0.39 is 0 Å². The Balaban J connectivity index is 1.70. The third kappa shape index (κ3) is 3.64. The van der Waals surface area contributed by atoms with Gasteiger partial charge in [0.05, 0.1) is 24.4 Å². The van der Waals surface area contributed by atoms with Crippen molar-refractivity contribution in [3.05, 3.63) is 48.3 Å². The summed E-state index contributed by atoms with van der Waals surface area (Å²) in [5.41, 5.74) is 3.36. The van der Waals surface area contributed by atoms with Crippen molar-refractivity contribution in [2.45, 2.75) is 12.5 Å². The van der Waals surface area contributed by atoms with Gasteiger partial charge < -0.3 is 20.1 Å². The molecular weight excluding hydrogens is 340 g/mol. The van der Waals surface area contributed by atoms with Crippen LogP contribution >= 0.6 is 0 Å². The molecule has 2 N–H and O–H groups in total. The molecule has 1 unspecified atom stereocenters. The van der Waals surface area contributed by atoms with E-state index in [9.17, 15) is 0 Å². The Hall–Kier alpha value is -3.30. The van der Waals surface area contributed by atoms with Crippen LogP contribution in [-0.2, 0) is 4.74 Å². The molecule has 4 rings (SSSR count). The zero-order chi connectivity index (χ0) is 18.6. The van der Waals surface area contributed by atoms with Gasteiger partial charge in [-0.25, -0.2) is 9.97 Å². The number of hydrogen-bond acceptors (Lipinski definition) is 6. The zero-order valence-electron chi connectivity index (χ0n) is 15.0. The van der Waals surface area contributed by atoms with Gasteiger partial charge in [-0.3, -0.25) is 0 Å². The van der Waals surface area contributed by atoms with Crippen molar-refractivity contribution in [3.8, 4) is 18.1 Å². The molecule has 0 spiro atoms. The van der Waals surface area contributed by atoms with E-state index in [1.807, 2.05) is 43.4 Å². The van der Waals surface area contributed by atoms with Crippen LogP contribution in [0.25, 0.3) is 10.9 Å². The molecule has 3 aromatic rings. The summed E-state index contributed by atoms with van der Waals surface area (Å²) in [6.07, 6.45) is 7.99. The minimum absolute atomic E-state index is 0.0699. The number of benzene rings is 2. The molecule has 0 radical (unpaired) electrons. The summed E-state index contributed by atoms with van der Waals surface area (Å²) >= 11 is 0. The second-order valence-electron chi connectivity index (χ2n) is 6.29. The van der Waals surface area contributed by atoms with Crippen LogP contribution in [0, 0.1) is 12.3 Å². The first-order valence-electron chi connectivity index (χ1n) is 8.81. The number of fused-ring (bicyclic) bond motifs is 1. The van der Waals surface area contributed by atoms with Crippen molar-refractivity contribution in [2.75, 3.05) is 30.9 Å². The van der Waals surface area contributed by atoms with Gasteiger partial charge in [-0.05, 0) is 24.3 Å². The van der Waals surface area contributed by atoms with E-state index in [4.69, 9.17) is 15.9 Å². The molecule has 1 fully saturated rings. The minimum Gasteiger partial charge on any atom is -0.486 e. The molecular formula is C21H20N4O2. The fraction of sp³-hybridized carbons (Fsp3) is 0.238. The molecule has 1 aliphatic rings. The van der Waals surface area contributed by atoms with Crippen LogP contribution in [0.3, 0.4) is 0 Å². The Labute approximate surface area is 157 Å². The standard InChI is InChI=1S/C21H20N4O2/c1-3-14-5-4-6-15(9-14)25-21-17-10-19(22-2)20(11-18(17)23-13-24-21)27-16-7-8-26-12-16/h1,4-6,9-11,13,16,22H,7-8,12H2,2H3,(H,23,24,25). The van der Waals surface area contributed by atoms with E-state index in [2.05, 4.69) is 26.5 Å². The molecule has 6 nitrogen and oxygen atoms in total. The average molecular weight is 360 g/mol. The smallest absolute Gasteiger partial charge is 0.145 e. The van der Waals surface area contributed by atoms with Crippen LogP contribution in [0.5, 0.6) is 5.75 Å². The summed E-state index contributed by atoms with van der Waals surface area (Å²) in [5.74, 6) is 4.11. The summed E-state index contributed by atoms with van der Waals surface area (Å²) in [6, 6.07) is 11.6. The molecule has 0 amide bonds. The highest BCUT2D eigenvalue weighted by Crippen LogP contribution is 2.34. The molecule has 136 valence electrons. The number of terminal acetylenes is 1. The fourth-order valence-electron chi connectivity index (χ4n) is 3.09. The molecule has 2 heterocycles. The molecule has 1 atom stereocenters. The number of aromatic nitrogens is 2. The molecule has 0 aliphatic carbocycles. The van der Waals surface area contributed by atoms with Crippen molar-refractivity contribution in [2.24, 2.45) is 0 Å². The summed E-state index contributed by atoms with van der Waals surface area (Å²) in [4.78, 5) is 8.81. The van der Waals surface area contributed by atoms with E-state index in [0.717, 1.165) is 46.6 Å². The predicted molar refractivity (Wildman–Crippen MR) is 107 cm³/mol. The third-order valence-corrected chi connectivity index (χ3v) is 4.48. The highest BCUT2D eigenvalue weighted by molar-refractivity contribution is 5.94. The highest BCUT2D eigenvalue weighted by atomic mass is 16.5. The third-order valence-electron chi connectivity index (χ3n) is 4.48. The van der Waals surface area contributed by atoms with Crippen molar-refractivity contribution in [1.82, 2.24) is 9.97 Å². The molecule has 1 aromatic heterocycles. The van der Waals surface area contributed by atoms with Crippen LogP contribution in [0.1, 0.15) is 12.0 Å². The lowest BCUT2D eigenvalue weighted by Crippen LogP contribution is -2.16. The van der Waals surface area contributed by atoms with E-state index in [-0.39, 0.29) is 6.10 Å². The van der Waals surface area contributed by atoms with Crippen molar-refractivity contribution < 1.29 is 9.47 Å². The van der Waals surface area contributed by atoms with Gasteiger partial charge in [0.1, 0.15) is 24.0 Å². The Kier molecular flexibility index (Phi) is 4.77. The largest absolute Gasteiger partial charge is 0.486 e. The number of anilines is 3. The molecule has 2 aromatic carbocycles. The maximum absolute atomic E-state index is 6.10. The lowest BCUT2D eigenvalue weighted by atomic mass is 10.1. The summed E-state index contributed by atoms with van der Waals surface area (Å²) < 4.78 is 11.5. The van der Waals surface area contributed by atoms with Gasteiger partial charge in [-0.2, -0.15) is 0 Å². The monoisotopic (exact) mass is 360 g/mol. The topological polar surface area (TPSA) is 68.3 Å². The van der Waals surface area contributed by atoms with Gasteiger partial charge >= 0.3 is 0 Å². The first-order chi connectivity index (χ1) is 13.3. The van der Waals surface area contributed by atoms with Gasteiger partial charge in [0.15, 0.2) is 0 Å². The first kappa shape index (κ1) is 17.1. The predicted octanol–water partition coefficient (Wildman–Crippen LogP) is 3.56. The van der Waals surface area contributed by atoms with E-state index >= 15 is 0 Å². The molecule has 1 saturated heterocycles. The van der Waals surface area contributed by atoms with E-state index in [1.54, 1.807) is 0 Å². The van der Waals surface area contributed by atoms with Gasteiger partial charge in [0, 0.05) is 36.2 Å². The lowest BCUT2D eigenvalue weighted by Gasteiger charge is -2.17.